The number of aryl methyl sites for hydroxylation is 1. The SMILES string of the molecule is CC(C)(C)CNCc1ccc2c(c1)CCC[C@H]2NC(=O)C[C@@H](NS(=O)(=O)c1ccc(C(C)(C)C)cc1)c1ccc(F)cc1. The molecule has 6 nitrogen and oxygen atoms in total. The van der Waals surface area contributed by atoms with Gasteiger partial charge in [0.2, 0.25) is 15.9 Å². The van der Waals surface area contributed by atoms with E-state index >= 15 is 0 Å². The van der Waals surface area contributed by atoms with Crippen molar-refractivity contribution in [2.24, 2.45) is 5.41 Å². The van der Waals surface area contributed by atoms with E-state index in [0.717, 1.165) is 43.5 Å². The molecule has 0 heterocycles. The summed E-state index contributed by atoms with van der Waals surface area (Å²) in [4.78, 5) is 13.5. The summed E-state index contributed by atoms with van der Waals surface area (Å²) in [7, 11) is -3.96. The summed E-state index contributed by atoms with van der Waals surface area (Å²) in [5.74, 6) is -0.701. The van der Waals surface area contributed by atoms with E-state index in [2.05, 4.69) is 75.1 Å². The van der Waals surface area contributed by atoms with Crippen LogP contribution in [0.5, 0.6) is 0 Å². The maximum absolute atomic E-state index is 13.7. The Morgan fingerprint density at radius 2 is 1.63 bits per heavy atom. The van der Waals surface area contributed by atoms with E-state index in [4.69, 9.17) is 0 Å². The van der Waals surface area contributed by atoms with Gasteiger partial charge in [-0.25, -0.2) is 17.5 Å². The van der Waals surface area contributed by atoms with Crippen LogP contribution in [-0.4, -0.2) is 20.9 Å². The lowest BCUT2D eigenvalue weighted by Crippen LogP contribution is -2.36. The number of nitrogens with one attached hydrogen (secondary N) is 3. The van der Waals surface area contributed by atoms with Crippen LogP contribution in [0, 0.1) is 11.2 Å². The fourth-order valence-corrected chi connectivity index (χ4v) is 6.68. The Bertz CT molecular complexity index is 1510. The highest BCUT2D eigenvalue weighted by Crippen LogP contribution is 2.31. The molecule has 4 rings (SSSR count). The Balaban J connectivity index is 1.49. The van der Waals surface area contributed by atoms with E-state index in [0.29, 0.717) is 5.56 Å². The van der Waals surface area contributed by atoms with Gasteiger partial charge >= 0.3 is 0 Å². The van der Waals surface area contributed by atoms with E-state index in [1.165, 1.54) is 35.4 Å². The van der Waals surface area contributed by atoms with Gasteiger partial charge in [0.15, 0.2) is 0 Å². The molecular formula is C35H46FN3O3S. The Morgan fingerprint density at radius 1 is 0.953 bits per heavy atom. The lowest BCUT2D eigenvalue weighted by Gasteiger charge is -2.28. The topological polar surface area (TPSA) is 87.3 Å². The second-order valence-corrected chi connectivity index (χ2v) is 15.6. The van der Waals surface area contributed by atoms with Gasteiger partial charge in [-0.2, -0.15) is 0 Å². The standard InChI is InChI=1S/C35H46FN3O3S/c1-34(2,3)23-37-22-24-10-19-30-26(20-24)8-7-9-31(30)38-33(40)21-32(25-11-15-28(36)16-12-25)39-43(41,42)29-17-13-27(14-18-29)35(4,5)6/h10-20,31-32,37,39H,7-9,21-23H2,1-6H3,(H,38,40)/t31-,32-/m1/s1. The van der Waals surface area contributed by atoms with Crippen LogP contribution in [-0.2, 0) is 33.2 Å². The zero-order valence-corrected chi connectivity index (χ0v) is 27.1. The lowest BCUT2D eigenvalue weighted by atomic mass is 9.86. The number of hydrogen-bond donors (Lipinski definition) is 3. The van der Waals surface area contributed by atoms with Crippen molar-refractivity contribution in [1.82, 2.24) is 15.4 Å². The van der Waals surface area contributed by atoms with Crippen molar-refractivity contribution in [2.45, 2.75) is 96.2 Å². The molecule has 0 aliphatic heterocycles. The van der Waals surface area contributed by atoms with Gasteiger partial charge < -0.3 is 10.6 Å². The van der Waals surface area contributed by atoms with Crippen molar-refractivity contribution >= 4 is 15.9 Å². The molecule has 8 heteroatoms. The maximum Gasteiger partial charge on any atom is 0.241 e. The van der Waals surface area contributed by atoms with E-state index in [1.807, 2.05) is 0 Å². The predicted octanol–water partition coefficient (Wildman–Crippen LogP) is 6.86. The van der Waals surface area contributed by atoms with Crippen LogP contribution in [0.15, 0.2) is 71.6 Å². The third-order valence-corrected chi connectivity index (χ3v) is 9.32. The van der Waals surface area contributed by atoms with Crippen molar-refractivity contribution in [3.05, 3.63) is 100 Å². The van der Waals surface area contributed by atoms with Crippen LogP contribution in [0.1, 0.15) is 101 Å². The first-order chi connectivity index (χ1) is 20.1. The number of hydrogen-bond acceptors (Lipinski definition) is 4. The van der Waals surface area contributed by atoms with Crippen LogP contribution in [0.25, 0.3) is 0 Å². The summed E-state index contributed by atoms with van der Waals surface area (Å²) in [6.07, 6.45) is 2.61. The third kappa shape index (κ3) is 9.21. The smallest absolute Gasteiger partial charge is 0.241 e. The molecule has 1 aliphatic rings. The molecule has 0 fully saturated rings. The van der Waals surface area contributed by atoms with Crippen molar-refractivity contribution in [2.75, 3.05) is 6.54 Å². The van der Waals surface area contributed by atoms with Gasteiger partial charge in [0.25, 0.3) is 0 Å². The lowest BCUT2D eigenvalue weighted by molar-refractivity contribution is -0.122. The number of carbonyl (C=O) groups excluding carboxylic acids is 1. The normalized spacial score (nSPS) is 16.4. The minimum atomic E-state index is -3.96. The first kappa shape index (κ1) is 32.8. The number of sulfonamides is 1. The van der Waals surface area contributed by atoms with Gasteiger partial charge in [0.1, 0.15) is 5.82 Å². The molecule has 232 valence electrons. The van der Waals surface area contributed by atoms with E-state index in [-0.39, 0.29) is 34.1 Å². The molecule has 43 heavy (non-hydrogen) atoms. The van der Waals surface area contributed by atoms with Crippen molar-refractivity contribution in [3.63, 3.8) is 0 Å². The number of halogens is 1. The monoisotopic (exact) mass is 607 g/mol. The van der Waals surface area contributed by atoms with Gasteiger partial charge in [-0.1, -0.05) is 84.0 Å². The van der Waals surface area contributed by atoms with Gasteiger partial charge in [-0.15, -0.1) is 0 Å². The zero-order valence-electron chi connectivity index (χ0n) is 26.3. The quantitative estimate of drug-likeness (QED) is 0.235. The van der Waals surface area contributed by atoms with Crippen molar-refractivity contribution in [1.29, 1.82) is 0 Å². The molecule has 3 N–H and O–H groups in total. The minimum absolute atomic E-state index is 0.113. The third-order valence-electron chi connectivity index (χ3n) is 7.83. The zero-order chi connectivity index (χ0) is 31.4. The van der Waals surface area contributed by atoms with Gasteiger partial charge in [-0.3, -0.25) is 4.79 Å². The summed E-state index contributed by atoms with van der Waals surface area (Å²) in [5, 5.41) is 6.68. The Labute approximate surface area is 256 Å². The number of carbonyl (C=O) groups is 1. The molecular weight excluding hydrogens is 561 g/mol. The van der Waals surface area contributed by atoms with E-state index in [9.17, 15) is 17.6 Å². The first-order valence-electron chi connectivity index (χ1n) is 15.1. The van der Waals surface area contributed by atoms with Crippen LogP contribution in [0.2, 0.25) is 0 Å². The van der Waals surface area contributed by atoms with Crippen LogP contribution in [0.3, 0.4) is 0 Å². The number of benzene rings is 3. The number of amides is 1. The Kier molecular flexibility index (Phi) is 10.1. The highest BCUT2D eigenvalue weighted by molar-refractivity contribution is 7.89. The summed E-state index contributed by atoms with van der Waals surface area (Å²) < 4.78 is 43.3. The summed E-state index contributed by atoms with van der Waals surface area (Å²) in [6, 6.07) is 17.8. The second kappa shape index (κ2) is 13.3. The first-order valence-corrected chi connectivity index (χ1v) is 16.6. The molecule has 3 aromatic rings. The molecule has 0 saturated heterocycles. The predicted molar refractivity (Wildman–Crippen MR) is 171 cm³/mol. The molecule has 1 amide bonds. The average molecular weight is 608 g/mol. The molecule has 3 aromatic carbocycles. The summed E-state index contributed by atoms with van der Waals surface area (Å²) in [5.41, 5.74) is 5.19. The van der Waals surface area contributed by atoms with E-state index < -0.39 is 21.9 Å². The highest BCUT2D eigenvalue weighted by atomic mass is 32.2. The Morgan fingerprint density at radius 3 is 2.26 bits per heavy atom. The van der Waals surface area contributed by atoms with Gasteiger partial charge in [-0.05, 0) is 82.2 Å². The largest absolute Gasteiger partial charge is 0.349 e. The van der Waals surface area contributed by atoms with Gasteiger partial charge in [0.05, 0.1) is 17.0 Å². The number of fused-ring (bicyclic) bond motifs is 1. The Hall–Kier alpha value is -3.07. The fraction of sp³-hybridized carbons (Fsp3) is 0.457. The molecule has 0 unspecified atom stereocenters. The molecule has 0 saturated carbocycles. The molecule has 2 atom stereocenters. The van der Waals surface area contributed by atoms with Gasteiger partial charge in [0, 0.05) is 19.5 Å². The minimum Gasteiger partial charge on any atom is -0.349 e. The highest BCUT2D eigenvalue weighted by Gasteiger charge is 2.27. The molecule has 0 bridgehead atoms. The number of rotatable bonds is 10. The fourth-order valence-electron chi connectivity index (χ4n) is 5.46. The second-order valence-electron chi connectivity index (χ2n) is 13.9. The van der Waals surface area contributed by atoms with Crippen LogP contribution in [0.4, 0.5) is 4.39 Å². The van der Waals surface area contributed by atoms with Crippen LogP contribution < -0.4 is 15.4 Å². The molecule has 0 spiro atoms. The molecule has 0 radical (unpaired) electrons. The average Bonchev–Trinajstić information content (AvgIpc) is 2.92. The summed E-state index contributed by atoms with van der Waals surface area (Å²) in [6.45, 7) is 14.5. The summed E-state index contributed by atoms with van der Waals surface area (Å²) >= 11 is 0. The van der Waals surface area contributed by atoms with E-state index in [1.54, 1.807) is 24.3 Å². The van der Waals surface area contributed by atoms with Crippen molar-refractivity contribution < 1.29 is 17.6 Å². The molecule has 0 aromatic heterocycles. The maximum atomic E-state index is 13.7. The van der Waals surface area contributed by atoms with Crippen molar-refractivity contribution in [3.8, 4) is 0 Å². The van der Waals surface area contributed by atoms with Crippen LogP contribution >= 0.6 is 0 Å². The molecule has 1 aliphatic carbocycles.